The number of hydrazone groups is 2. The van der Waals surface area contributed by atoms with E-state index in [1.807, 2.05) is 139 Å². The molecule has 0 aliphatic heterocycles. The van der Waals surface area contributed by atoms with E-state index in [9.17, 15) is 0 Å². The van der Waals surface area contributed by atoms with Gasteiger partial charge in [-0.2, -0.15) is 10.2 Å². The molecule has 0 atom stereocenters. The van der Waals surface area contributed by atoms with E-state index in [1.165, 1.54) is 0 Å². The molecule has 184 valence electrons. The summed E-state index contributed by atoms with van der Waals surface area (Å²) in [6.45, 7) is 1.93. The number of ether oxygens (including phenoxy) is 1. The molecule has 37 heavy (non-hydrogen) atoms. The van der Waals surface area contributed by atoms with Gasteiger partial charge in [0.05, 0.1) is 30.4 Å². The second-order valence-corrected chi connectivity index (χ2v) is 8.52. The van der Waals surface area contributed by atoms with E-state index in [-0.39, 0.29) is 0 Å². The van der Waals surface area contributed by atoms with Gasteiger partial charge in [0.1, 0.15) is 5.71 Å². The first-order chi connectivity index (χ1) is 18.1. The predicted octanol–water partition coefficient (Wildman–Crippen LogP) is 7.47. The molecule has 0 aliphatic rings. The van der Waals surface area contributed by atoms with Crippen LogP contribution < -0.4 is 14.8 Å². The quantitative estimate of drug-likeness (QED) is 0.168. The Kier molecular flexibility index (Phi) is 6.99. The molecule has 0 saturated heterocycles. The van der Waals surface area contributed by atoms with Crippen molar-refractivity contribution in [3.05, 3.63) is 121 Å². The van der Waals surface area contributed by atoms with Crippen LogP contribution in [0.5, 0.6) is 5.75 Å². The van der Waals surface area contributed by atoms with Crippen molar-refractivity contribution in [2.24, 2.45) is 10.2 Å². The van der Waals surface area contributed by atoms with E-state index < -0.39 is 0 Å². The van der Waals surface area contributed by atoms with Gasteiger partial charge in [-0.3, -0.25) is 5.01 Å². The van der Waals surface area contributed by atoms with Crippen molar-refractivity contribution in [2.45, 2.75) is 6.92 Å². The smallest absolute Gasteiger partial charge is 0.176 e. The first-order valence-corrected chi connectivity index (χ1v) is 12.0. The third-order valence-electron chi connectivity index (χ3n) is 5.93. The van der Waals surface area contributed by atoms with Gasteiger partial charge >= 0.3 is 0 Å². The highest BCUT2D eigenvalue weighted by molar-refractivity contribution is 6.02. The Labute approximate surface area is 216 Å². The molecule has 4 aromatic carbocycles. The van der Waals surface area contributed by atoms with Crippen molar-refractivity contribution in [1.29, 1.82) is 0 Å². The van der Waals surface area contributed by atoms with Gasteiger partial charge in [-0.15, -0.1) is 0 Å². The largest absolute Gasteiger partial charge is 0.493 e. The third kappa shape index (κ3) is 5.38. The van der Waals surface area contributed by atoms with Crippen LogP contribution in [0.2, 0.25) is 0 Å². The average Bonchev–Trinajstić information content (AvgIpc) is 3.39. The number of para-hydroxylation sites is 3. The van der Waals surface area contributed by atoms with Crippen molar-refractivity contribution >= 4 is 40.0 Å². The normalized spacial score (nSPS) is 11.7. The molecule has 0 bridgehead atoms. The lowest BCUT2D eigenvalue weighted by Crippen LogP contribution is -2.11. The average molecular weight is 489 g/mol. The second kappa shape index (κ2) is 10.8. The van der Waals surface area contributed by atoms with E-state index in [0.717, 1.165) is 33.7 Å². The van der Waals surface area contributed by atoms with E-state index in [0.29, 0.717) is 17.1 Å². The molecule has 0 saturated carbocycles. The molecule has 1 aromatic heterocycles. The minimum Gasteiger partial charge on any atom is -0.493 e. The highest BCUT2D eigenvalue weighted by Gasteiger charge is 2.14. The summed E-state index contributed by atoms with van der Waals surface area (Å²) in [7, 11) is 3.56. The highest BCUT2D eigenvalue weighted by Crippen LogP contribution is 2.31. The number of fused-ring (bicyclic) bond motifs is 1. The monoisotopic (exact) mass is 488 g/mol. The fraction of sp³-hybridized carbons (Fsp3) is 0.0968. The lowest BCUT2D eigenvalue weighted by Gasteiger charge is -2.19. The molecule has 0 amide bonds. The van der Waals surface area contributed by atoms with Crippen LogP contribution in [0.3, 0.4) is 0 Å². The number of nitrogens with zero attached hydrogens (tertiary/aromatic N) is 4. The van der Waals surface area contributed by atoms with Crippen molar-refractivity contribution in [3.8, 4) is 5.75 Å². The molecule has 0 spiro atoms. The molecule has 6 heteroatoms. The Morgan fingerprint density at radius 2 is 1.35 bits per heavy atom. The third-order valence-corrected chi connectivity index (χ3v) is 5.93. The van der Waals surface area contributed by atoms with Crippen LogP contribution >= 0.6 is 0 Å². The van der Waals surface area contributed by atoms with Gasteiger partial charge < -0.3 is 9.15 Å². The number of furan rings is 1. The minimum absolute atomic E-state index is 0.639. The maximum absolute atomic E-state index is 6.17. The maximum Gasteiger partial charge on any atom is 0.176 e. The number of hydrogen-bond donors (Lipinski definition) is 0. The standard InChI is InChI=1S/C31H28N4O2/c1-23(33-34(2)26-13-7-4-8-14-26)29-21-25-19-24(20-30(36-3)31(25)37-29)22-32-35(27-15-9-5-10-16-27)28-17-11-6-12-18-28/h4-22H,1-3H3. The van der Waals surface area contributed by atoms with Crippen molar-refractivity contribution in [3.63, 3.8) is 0 Å². The van der Waals surface area contributed by atoms with Crippen molar-refractivity contribution in [1.82, 2.24) is 0 Å². The van der Waals surface area contributed by atoms with Crippen LogP contribution in [-0.4, -0.2) is 26.1 Å². The molecule has 0 fully saturated rings. The summed E-state index contributed by atoms with van der Waals surface area (Å²) in [4.78, 5) is 0. The Morgan fingerprint density at radius 1 is 0.784 bits per heavy atom. The molecule has 1 heterocycles. The maximum atomic E-state index is 6.17. The summed E-state index contributed by atoms with van der Waals surface area (Å²) in [5.74, 6) is 1.32. The lowest BCUT2D eigenvalue weighted by molar-refractivity contribution is 0.410. The summed E-state index contributed by atoms with van der Waals surface area (Å²) < 4.78 is 11.8. The molecule has 0 aliphatic carbocycles. The van der Waals surface area contributed by atoms with Crippen LogP contribution in [0, 0.1) is 0 Å². The van der Waals surface area contributed by atoms with E-state index >= 15 is 0 Å². The first-order valence-electron chi connectivity index (χ1n) is 12.0. The van der Waals surface area contributed by atoms with Crippen LogP contribution in [0.4, 0.5) is 17.1 Å². The summed E-state index contributed by atoms with van der Waals surface area (Å²) >= 11 is 0. The molecule has 5 aromatic rings. The van der Waals surface area contributed by atoms with E-state index in [1.54, 1.807) is 7.11 Å². The van der Waals surface area contributed by atoms with Gasteiger partial charge in [-0.05, 0) is 67.1 Å². The lowest BCUT2D eigenvalue weighted by atomic mass is 10.1. The van der Waals surface area contributed by atoms with Crippen LogP contribution in [0.15, 0.2) is 124 Å². The number of anilines is 3. The number of rotatable bonds is 8. The van der Waals surface area contributed by atoms with Gasteiger partial charge in [0.15, 0.2) is 17.1 Å². The predicted molar refractivity (Wildman–Crippen MR) is 152 cm³/mol. The second-order valence-electron chi connectivity index (χ2n) is 8.52. The highest BCUT2D eigenvalue weighted by atomic mass is 16.5. The van der Waals surface area contributed by atoms with Crippen molar-refractivity contribution in [2.75, 3.05) is 24.2 Å². The Balaban J connectivity index is 1.48. The molecular weight excluding hydrogens is 460 g/mol. The van der Waals surface area contributed by atoms with Gasteiger partial charge in [-0.25, -0.2) is 5.01 Å². The van der Waals surface area contributed by atoms with Gasteiger partial charge in [0.2, 0.25) is 0 Å². The zero-order valence-electron chi connectivity index (χ0n) is 21.1. The van der Waals surface area contributed by atoms with E-state index in [4.69, 9.17) is 19.4 Å². The first kappa shape index (κ1) is 23.9. The summed E-state index contributed by atoms with van der Waals surface area (Å²) in [5.41, 5.74) is 5.27. The number of benzene rings is 4. The Bertz CT molecular complexity index is 1490. The molecule has 6 nitrogen and oxygen atoms in total. The molecule has 0 N–H and O–H groups in total. The zero-order chi connectivity index (χ0) is 25.6. The van der Waals surface area contributed by atoms with Crippen LogP contribution in [0.1, 0.15) is 18.2 Å². The number of hydrogen-bond acceptors (Lipinski definition) is 6. The summed E-state index contributed by atoms with van der Waals surface area (Å²) in [5, 5.41) is 14.2. The van der Waals surface area contributed by atoms with Crippen molar-refractivity contribution < 1.29 is 9.15 Å². The molecule has 0 radical (unpaired) electrons. The van der Waals surface area contributed by atoms with Crippen LogP contribution in [0.25, 0.3) is 11.0 Å². The minimum atomic E-state index is 0.639. The fourth-order valence-electron chi connectivity index (χ4n) is 4.07. The Morgan fingerprint density at radius 3 is 1.92 bits per heavy atom. The molecular formula is C31H28N4O2. The topological polar surface area (TPSA) is 53.6 Å². The van der Waals surface area contributed by atoms with Gasteiger partial charge in [-0.1, -0.05) is 54.6 Å². The zero-order valence-corrected chi connectivity index (χ0v) is 21.1. The summed E-state index contributed by atoms with van der Waals surface area (Å²) in [6.07, 6.45) is 1.83. The number of methoxy groups -OCH3 is 1. The fourth-order valence-corrected chi connectivity index (χ4v) is 4.07. The Hall–Kier alpha value is -4.84. The van der Waals surface area contributed by atoms with Gasteiger partial charge in [0.25, 0.3) is 0 Å². The van der Waals surface area contributed by atoms with Crippen LogP contribution in [-0.2, 0) is 0 Å². The SMILES string of the molecule is COc1cc(C=NN(c2ccccc2)c2ccccc2)cc2cc(C(C)=NN(C)c3ccccc3)oc12. The molecule has 5 rings (SSSR count). The van der Waals surface area contributed by atoms with Gasteiger partial charge in [0, 0.05) is 12.4 Å². The molecule has 0 unspecified atom stereocenters. The summed E-state index contributed by atoms with van der Waals surface area (Å²) in [6, 6.07) is 36.1. The van der Waals surface area contributed by atoms with E-state index in [2.05, 4.69) is 0 Å².